The predicted octanol–water partition coefficient (Wildman–Crippen LogP) is 2.56. The molecular formula is C16H21N3O. The summed E-state index contributed by atoms with van der Waals surface area (Å²) in [6.07, 6.45) is 1.67. The summed E-state index contributed by atoms with van der Waals surface area (Å²) < 4.78 is 0. The van der Waals surface area contributed by atoms with Crippen molar-refractivity contribution in [2.45, 2.75) is 26.7 Å². The van der Waals surface area contributed by atoms with E-state index in [1.54, 1.807) is 0 Å². The molecule has 0 bridgehead atoms. The number of carbonyl (C=O) groups excluding carboxylic acids is 1. The lowest BCUT2D eigenvalue weighted by molar-refractivity contribution is -0.117. The molecule has 1 saturated heterocycles. The molecule has 1 fully saturated rings. The summed E-state index contributed by atoms with van der Waals surface area (Å²) in [5, 5.41) is 12.0. The predicted molar refractivity (Wildman–Crippen MR) is 79.2 cm³/mol. The van der Waals surface area contributed by atoms with Crippen molar-refractivity contribution in [1.82, 2.24) is 4.90 Å². The standard InChI is InChI=1S/C16H21N3O/c1-13-5-3-4-6-14(13)18-15(20)11-19-9-7-16(2,12-17)8-10-19/h3-6H,7-11H2,1-2H3,(H,18,20). The lowest BCUT2D eigenvalue weighted by Crippen LogP contribution is -2.42. The fourth-order valence-corrected chi connectivity index (χ4v) is 2.42. The van der Waals surface area contributed by atoms with Crippen molar-refractivity contribution in [1.29, 1.82) is 5.26 Å². The molecule has 20 heavy (non-hydrogen) atoms. The molecule has 0 saturated carbocycles. The topological polar surface area (TPSA) is 56.1 Å². The highest BCUT2D eigenvalue weighted by atomic mass is 16.2. The first-order valence-corrected chi connectivity index (χ1v) is 7.01. The molecule has 1 heterocycles. The van der Waals surface area contributed by atoms with Crippen LogP contribution in [0.1, 0.15) is 25.3 Å². The van der Waals surface area contributed by atoms with Crippen LogP contribution in [-0.2, 0) is 4.79 Å². The number of para-hydroxylation sites is 1. The van der Waals surface area contributed by atoms with E-state index >= 15 is 0 Å². The second kappa shape index (κ2) is 6.06. The number of piperidine rings is 1. The maximum Gasteiger partial charge on any atom is 0.238 e. The molecule has 4 heteroatoms. The van der Waals surface area contributed by atoms with Gasteiger partial charge in [-0.3, -0.25) is 9.69 Å². The number of hydrogen-bond acceptors (Lipinski definition) is 3. The van der Waals surface area contributed by atoms with Gasteiger partial charge in [-0.2, -0.15) is 5.26 Å². The lowest BCUT2D eigenvalue weighted by Gasteiger charge is -2.34. The van der Waals surface area contributed by atoms with Crippen LogP contribution in [0, 0.1) is 23.7 Å². The zero-order valence-corrected chi connectivity index (χ0v) is 12.1. The maximum atomic E-state index is 12.0. The Morgan fingerprint density at radius 2 is 2.05 bits per heavy atom. The number of anilines is 1. The molecule has 0 radical (unpaired) electrons. The minimum absolute atomic E-state index is 0.0138. The number of nitrogens with one attached hydrogen (secondary N) is 1. The van der Waals surface area contributed by atoms with E-state index in [-0.39, 0.29) is 11.3 Å². The van der Waals surface area contributed by atoms with Crippen molar-refractivity contribution in [3.63, 3.8) is 0 Å². The van der Waals surface area contributed by atoms with Crippen LogP contribution in [0.2, 0.25) is 0 Å². The molecule has 1 aliphatic rings. The van der Waals surface area contributed by atoms with Gasteiger partial charge in [-0.05, 0) is 38.3 Å². The Bertz CT molecular complexity index is 525. The van der Waals surface area contributed by atoms with Gasteiger partial charge in [-0.1, -0.05) is 18.2 Å². The molecule has 1 aromatic carbocycles. The summed E-state index contributed by atoms with van der Waals surface area (Å²) in [7, 11) is 0. The highest BCUT2D eigenvalue weighted by Crippen LogP contribution is 2.29. The molecule has 0 atom stereocenters. The Morgan fingerprint density at radius 1 is 1.40 bits per heavy atom. The molecule has 0 spiro atoms. The molecule has 2 rings (SSSR count). The third-order valence-electron chi connectivity index (χ3n) is 4.02. The Hall–Kier alpha value is -1.86. The normalized spacial score (nSPS) is 18.2. The number of nitriles is 1. The van der Waals surface area contributed by atoms with Crippen LogP contribution >= 0.6 is 0 Å². The number of benzene rings is 1. The quantitative estimate of drug-likeness (QED) is 0.919. The molecule has 1 aromatic rings. The van der Waals surface area contributed by atoms with E-state index in [4.69, 9.17) is 5.26 Å². The molecule has 1 N–H and O–H groups in total. The second-order valence-electron chi connectivity index (χ2n) is 5.81. The number of likely N-dealkylation sites (tertiary alicyclic amines) is 1. The van der Waals surface area contributed by atoms with Gasteiger partial charge in [0.2, 0.25) is 5.91 Å². The van der Waals surface area contributed by atoms with E-state index in [2.05, 4.69) is 16.3 Å². The third-order valence-corrected chi connectivity index (χ3v) is 4.02. The SMILES string of the molecule is Cc1ccccc1NC(=O)CN1CCC(C)(C#N)CC1. The Labute approximate surface area is 120 Å². The highest BCUT2D eigenvalue weighted by Gasteiger charge is 2.30. The smallest absolute Gasteiger partial charge is 0.238 e. The zero-order valence-electron chi connectivity index (χ0n) is 12.1. The van der Waals surface area contributed by atoms with Gasteiger partial charge in [0.05, 0.1) is 18.0 Å². The van der Waals surface area contributed by atoms with Gasteiger partial charge in [0, 0.05) is 18.8 Å². The van der Waals surface area contributed by atoms with Crippen LogP contribution in [0.15, 0.2) is 24.3 Å². The summed E-state index contributed by atoms with van der Waals surface area (Å²) in [6.45, 7) is 6.00. The van der Waals surface area contributed by atoms with E-state index in [9.17, 15) is 4.79 Å². The second-order valence-corrected chi connectivity index (χ2v) is 5.81. The Balaban J connectivity index is 1.85. The van der Waals surface area contributed by atoms with E-state index in [1.165, 1.54) is 0 Å². The number of nitrogens with zero attached hydrogens (tertiary/aromatic N) is 2. The molecule has 106 valence electrons. The van der Waals surface area contributed by atoms with Crippen molar-refractivity contribution in [3.05, 3.63) is 29.8 Å². The van der Waals surface area contributed by atoms with Crippen LogP contribution in [-0.4, -0.2) is 30.4 Å². The Morgan fingerprint density at radius 3 is 2.65 bits per heavy atom. The van der Waals surface area contributed by atoms with Crippen molar-refractivity contribution in [2.24, 2.45) is 5.41 Å². The largest absolute Gasteiger partial charge is 0.325 e. The van der Waals surface area contributed by atoms with E-state index in [1.807, 2.05) is 38.1 Å². The Kier molecular flexibility index (Phi) is 4.41. The highest BCUT2D eigenvalue weighted by molar-refractivity contribution is 5.92. The monoisotopic (exact) mass is 271 g/mol. The third kappa shape index (κ3) is 3.58. The summed E-state index contributed by atoms with van der Waals surface area (Å²) >= 11 is 0. The summed E-state index contributed by atoms with van der Waals surface area (Å²) in [5.74, 6) is 0.0138. The van der Waals surface area contributed by atoms with Crippen molar-refractivity contribution in [2.75, 3.05) is 25.0 Å². The minimum Gasteiger partial charge on any atom is -0.325 e. The molecule has 0 aliphatic carbocycles. The number of amides is 1. The number of carbonyl (C=O) groups is 1. The first-order chi connectivity index (χ1) is 9.52. The van der Waals surface area contributed by atoms with Gasteiger partial charge in [-0.15, -0.1) is 0 Å². The molecule has 4 nitrogen and oxygen atoms in total. The number of aryl methyl sites for hydroxylation is 1. The van der Waals surface area contributed by atoms with Crippen molar-refractivity contribution < 1.29 is 4.79 Å². The van der Waals surface area contributed by atoms with Gasteiger partial charge in [0.15, 0.2) is 0 Å². The van der Waals surface area contributed by atoms with E-state index in [0.29, 0.717) is 6.54 Å². The zero-order chi connectivity index (χ0) is 14.6. The van der Waals surface area contributed by atoms with Gasteiger partial charge in [0.25, 0.3) is 0 Å². The van der Waals surface area contributed by atoms with Gasteiger partial charge < -0.3 is 5.32 Å². The van der Waals surface area contributed by atoms with Gasteiger partial charge >= 0.3 is 0 Å². The van der Waals surface area contributed by atoms with Crippen LogP contribution in [0.4, 0.5) is 5.69 Å². The lowest BCUT2D eigenvalue weighted by atomic mass is 9.82. The summed E-state index contributed by atoms with van der Waals surface area (Å²) in [5.41, 5.74) is 1.72. The van der Waals surface area contributed by atoms with Crippen molar-refractivity contribution in [3.8, 4) is 6.07 Å². The molecule has 1 amide bonds. The average Bonchev–Trinajstić information content (AvgIpc) is 2.44. The maximum absolute atomic E-state index is 12.0. The molecule has 0 unspecified atom stereocenters. The first kappa shape index (κ1) is 14.5. The van der Waals surface area contributed by atoms with Crippen LogP contribution in [0.5, 0.6) is 0 Å². The van der Waals surface area contributed by atoms with Crippen molar-refractivity contribution >= 4 is 11.6 Å². The minimum atomic E-state index is -0.219. The van der Waals surface area contributed by atoms with E-state index < -0.39 is 0 Å². The van der Waals surface area contributed by atoms with E-state index in [0.717, 1.165) is 37.2 Å². The van der Waals surface area contributed by atoms with Crippen LogP contribution in [0.3, 0.4) is 0 Å². The summed E-state index contributed by atoms with van der Waals surface area (Å²) in [6, 6.07) is 10.1. The molecular weight excluding hydrogens is 250 g/mol. The first-order valence-electron chi connectivity index (χ1n) is 7.01. The molecule has 1 aliphatic heterocycles. The summed E-state index contributed by atoms with van der Waals surface area (Å²) in [4.78, 5) is 14.2. The average molecular weight is 271 g/mol. The fraction of sp³-hybridized carbons (Fsp3) is 0.500. The van der Waals surface area contributed by atoms with Crippen LogP contribution < -0.4 is 5.32 Å². The van der Waals surface area contributed by atoms with Gasteiger partial charge in [-0.25, -0.2) is 0 Å². The fourth-order valence-electron chi connectivity index (χ4n) is 2.42. The van der Waals surface area contributed by atoms with Gasteiger partial charge in [0.1, 0.15) is 0 Å². The number of hydrogen-bond donors (Lipinski definition) is 1. The number of rotatable bonds is 3. The van der Waals surface area contributed by atoms with Crippen LogP contribution in [0.25, 0.3) is 0 Å². The molecule has 0 aromatic heterocycles.